The first-order valence-corrected chi connectivity index (χ1v) is 12.2. The molecule has 1 amide bonds. The van der Waals surface area contributed by atoms with Crippen LogP contribution >= 0.6 is 11.3 Å². The molecule has 8 nitrogen and oxygen atoms in total. The largest absolute Gasteiger partial charge is 0.352 e. The van der Waals surface area contributed by atoms with Crippen LogP contribution in [0.2, 0.25) is 0 Å². The highest BCUT2D eigenvalue weighted by molar-refractivity contribution is 7.89. The summed E-state index contributed by atoms with van der Waals surface area (Å²) in [5, 5.41) is 2.90. The molecule has 29 heavy (non-hydrogen) atoms. The molecule has 3 rings (SSSR count). The monoisotopic (exact) mass is 440 g/mol. The molecule has 0 radical (unpaired) electrons. The quantitative estimate of drug-likeness (QED) is 0.741. The summed E-state index contributed by atoms with van der Waals surface area (Å²) in [6, 6.07) is -0.00397. The minimum Gasteiger partial charge on any atom is -0.352 e. The standard InChI is InChI=1S/C19H28N4O4S2/c1-5-13(3)21-15(24)10-22-11-20-18-16(19(22)25)17(14(4)28-18)29(26,27)23-8-6-12(2)7-9-23/h11-13H,5-10H2,1-4H3,(H,21,24). The van der Waals surface area contributed by atoms with Gasteiger partial charge in [-0.25, -0.2) is 13.4 Å². The summed E-state index contributed by atoms with van der Waals surface area (Å²) in [4.78, 5) is 30.6. The van der Waals surface area contributed by atoms with Crippen LogP contribution in [0.1, 0.15) is 44.9 Å². The molecule has 10 heteroatoms. The number of amides is 1. The van der Waals surface area contributed by atoms with Crippen molar-refractivity contribution >= 4 is 37.5 Å². The Morgan fingerprint density at radius 2 is 2.03 bits per heavy atom. The van der Waals surface area contributed by atoms with E-state index in [2.05, 4.69) is 17.2 Å². The molecule has 1 atom stereocenters. The predicted octanol–water partition coefficient (Wildman–Crippen LogP) is 2.10. The molecule has 2 aromatic heterocycles. The van der Waals surface area contributed by atoms with Crippen molar-refractivity contribution in [3.63, 3.8) is 0 Å². The number of carbonyl (C=O) groups is 1. The Balaban J connectivity index is 2.02. The van der Waals surface area contributed by atoms with E-state index < -0.39 is 15.6 Å². The van der Waals surface area contributed by atoms with Crippen LogP contribution in [0.15, 0.2) is 16.0 Å². The van der Waals surface area contributed by atoms with Crippen LogP contribution in [0.5, 0.6) is 0 Å². The van der Waals surface area contributed by atoms with Crippen molar-refractivity contribution < 1.29 is 13.2 Å². The van der Waals surface area contributed by atoms with Gasteiger partial charge in [0.1, 0.15) is 16.3 Å². The van der Waals surface area contributed by atoms with Crippen molar-refractivity contribution in [1.82, 2.24) is 19.2 Å². The van der Waals surface area contributed by atoms with E-state index in [0.29, 0.717) is 28.7 Å². The topological polar surface area (TPSA) is 101 Å². The van der Waals surface area contributed by atoms with E-state index >= 15 is 0 Å². The molecule has 1 aliphatic heterocycles. The van der Waals surface area contributed by atoms with Gasteiger partial charge in [-0.3, -0.25) is 14.2 Å². The molecule has 3 heterocycles. The third-order valence-electron chi connectivity index (χ3n) is 5.47. The zero-order valence-electron chi connectivity index (χ0n) is 17.3. The molecule has 2 aromatic rings. The number of aromatic nitrogens is 2. The van der Waals surface area contributed by atoms with Gasteiger partial charge < -0.3 is 5.32 Å². The number of rotatable bonds is 6. The summed E-state index contributed by atoms with van der Waals surface area (Å²) in [6.45, 7) is 8.36. The van der Waals surface area contributed by atoms with E-state index in [-0.39, 0.29) is 28.8 Å². The molecule has 0 aliphatic carbocycles. The van der Waals surface area contributed by atoms with Gasteiger partial charge in [0.05, 0.1) is 11.7 Å². The summed E-state index contributed by atoms with van der Waals surface area (Å²) in [5.74, 6) is 0.189. The summed E-state index contributed by atoms with van der Waals surface area (Å²) >= 11 is 1.20. The van der Waals surface area contributed by atoms with E-state index in [1.807, 2.05) is 13.8 Å². The molecule has 160 valence electrons. The van der Waals surface area contributed by atoms with Crippen LogP contribution in [0, 0.1) is 12.8 Å². The van der Waals surface area contributed by atoms with Crippen LogP contribution in [0.4, 0.5) is 0 Å². The maximum Gasteiger partial charge on any atom is 0.263 e. The average Bonchev–Trinajstić information content (AvgIpc) is 3.01. The van der Waals surface area contributed by atoms with Gasteiger partial charge in [0.25, 0.3) is 5.56 Å². The van der Waals surface area contributed by atoms with E-state index in [0.717, 1.165) is 19.3 Å². The second kappa shape index (κ2) is 8.53. The Hall–Kier alpha value is -1.78. The molecule has 1 saturated heterocycles. The predicted molar refractivity (Wildman–Crippen MR) is 114 cm³/mol. The summed E-state index contributed by atoms with van der Waals surface area (Å²) < 4.78 is 29.3. The number of aryl methyl sites for hydroxylation is 1. The van der Waals surface area contributed by atoms with E-state index in [1.165, 1.54) is 26.5 Å². The van der Waals surface area contributed by atoms with E-state index in [1.54, 1.807) is 6.92 Å². The van der Waals surface area contributed by atoms with Crippen molar-refractivity contribution in [3.8, 4) is 0 Å². The maximum absolute atomic E-state index is 13.3. The molecular weight excluding hydrogens is 412 g/mol. The van der Waals surface area contributed by atoms with Crippen molar-refractivity contribution in [3.05, 3.63) is 21.6 Å². The second-order valence-electron chi connectivity index (χ2n) is 7.81. The fourth-order valence-corrected chi connectivity index (χ4v) is 6.60. The van der Waals surface area contributed by atoms with Gasteiger partial charge in [0.2, 0.25) is 15.9 Å². The third kappa shape index (κ3) is 4.39. The lowest BCUT2D eigenvalue weighted by Gasteiger charge is -2.29. The van der Waals surface area contributed by atoms with Gasteiger partial charge >= 0.3 is 0 Å². The molecule has 1 unspecified atom stereocenters. The fraction of sp³-hybridized carbons (Fsp3) is 0.632. The maximum atomic E-state index is 13.3. The average molecular weight is 441 g/mol. The Labute approximate surface area is 175 Å². The van der Waals surface area contributed by atoms with Crippen molar-refractivity contribution in [2.24, 2.45) is 5.92 Å². The van der Waals surface area contributed by atoms with Gasteiger partial charge in [0.15, 0.2) is 0 Å². The summed E-state index contributed by atoms with van der Waals surface area (Å²) in [7, 11) is -3.80. The minimum absolute atomic E-state index is 0.00397. The molecule has 0 spiro atoms. The van der Waals surface area contributed by atoms with Crippen molar-refractivity contribution in [2.75, 3.05) is 13.1 Å². The minimum atomic E-state index is -3.80. The first-order valence-electron chi connectivity index (χ1n) is 9.93. The lowest BCUT2D eigenvalue weighted by Crippen LogP contribution is -2.39. The fourth-order valence-electron chi connectivity index (χ4n) is 3.47. The van der Waals surface area contributed by atoms with Gasteiger partial charge in [-0.15, -0.1) is 11.3 Å². The van der Waals surface area contributed by atoms with Crippen molar-refractivity contribution in [1.29, 1.82) is 0 Å². The van der Waals surface area contributed by atoms with Gasteiger partial charge in [0, 0.05) is 24.0 Å². The smallest absolute Gasteiger partial charge is 0.263 e. The Kier molecular flexibility index (Phi) is 6.45. The number of thiophene rings is 1. The van der Waals surface area contributed by atoms with Crippen LogP contribution in [0.3, 0.4) is 0 Å². The molecule has 1 aliphatic rings. The highest BCUT2D eigenvalue weighted by atomic mass is 32.2. The van der Waals surface area contributed by atoms with Gasteiger partial charge in [-0.05, 0) is 39.0 Å². The van der Waals surface area contributed by atoms with E-state index in [4.69, 9.17) is 0 Å². The number of hydrogen-bond acceptors (Lipinski definition) is 6. The number of carbonyl (C=O) groups excluding carboxylic acids is 1. The lowest BCUT2D eigenvalue weighted by molar-refractivity contribution is -0.122. The second-order valence-corrected chi connectivity index (χ2v) is 10.9. The number of piperidine rings is 1. The number of sulfonamides is 1. The Morgan fingerprint density at radius 1 is 1.38 bits per heavy atom. The number of nitrogens with one attached hydrogen (secondary N) is 1. The molecule has 1 N–H and O–H groups in total. The molecule has 0 saturated carbocycles. The number of hydrogen-bond donors (Lipinski definition) is 1. The third-order valence-corrected chi connectivity index (χ3v) is 8.69. The van der Waals surface area contributed by atoms with Crippen LogP contribution in [0.25, 0.3) is 10.2 Å². The van der Waals surface area contributed by atoms with Crippen LogP contribution in [-0.2, 0) is 21.4 Å². The molecular formula is C19H28N4O4S2. The summed E-state index contributed by atoms with van der Waals surface area (Å²) in [6.07, 6.45) is 3.70. The number of nitrogens with zero attached hydrogens (tertiary/aromatic N) is 3. The van der Waals surface area contributed by atoms with E-state index in [9.17, 15) is 18.0 Å². The van der Waals surface area contributed by atoms with Gasteiger partial charge in [-0.1, -0.05) is 13.8 Å². The number of fused-ring (bicyclic) bond motifs is 1. The SMILES string of the molecule is CCC(C)NC(=O)Cn1cnc2sc(C)c(S(=O)(=O)N3CCC(C)CC3)c2c1=O. The Bertz CT molecular complexity index is 1070. The lowest BCUT2D eigenvalue weighted by atomic mass is 10.0. The Morgan fingerprint density at radius 3 is 2.66 bits per heavy atom. The normalized spacial score (nSPS) is 17.5. The molecule has 0 aromatic carbocycles. The molecule has 1 fully saturated rings. The van der Waals surface area contributed by atoms with Crippen molar-refractivity contribution in [2.45, 2.75) is 64.4 Å². The first-order chi connectivity index (χ1) is 13.6. The highest BCUT2D eigenvalue weighted by Gasteiger charge is 2.33. The van der Waals surface area contributed by atoms with Gasteiger partial charge in [-0.2, -0.15) is 4.31 Å². The molecule has 0 bridgehead atoms. The zero-order valence-corrected chi connectivity index (χ0v) is 18.9. The van der Waals surface area contributed by atoms with Crippen LogP contribution < -0.4 is 10.9 Å². The highest BCUT2D eigenvalue weighted by Crippen LogP contribution is 2.34. The first kappa shape index (κ1) is 21.9. The zero-order chi connectivity index (χ0) is 21.3. The summed E-state index contributed by atoms with van der Waals surface area (Å²) in [5.41, 5.74) is -0.498. The van der Waals surface area contributed by atoms with Crippen LogP contribution in [-0.4, -0.2) is 47.3 Å².